The fourth-order valence-corrected chi connectivity index (χ4v) is 1.90. The topological polar surface area (TPSA) is 139 Å². The molecule has 0 amide bonds. The van der Waals surface area contributed by atoms with E-state index in [1.165, 1.54) is 6.08 Å². The molecule has 4 atom stereocenters. The van der Waals surface area contributed by atoms with E-state index in [0.29, 0.717) is 0 Å². The molecule has 1 fully saturated rings. The highest BCUT2D eigenvalue weighted by molar-refractivity contribution is 5.87. The number of ether oxygens (including phenoxy) is 2. The van der Waals surface area contributed by atoms with Gasteiger partial charge in [-0.05, 0) is 6.08 Å². The number of hydrogen-bond donors (Lipinski definition) is 4. The molecule has 0 radical (unpaired) electrons. The van der Waals surface area contributed by atoms with Crippen LogP contribution in [0.5, 0.6) is 0 Å². The molecule has 0 aromatic rings. The molecule has 5 N–H and O–H groups in total. The number of carbonyl (C=O) groups excluding carboxylic acids is 2. The molecular formula is C10H13NO7. The Bertz CT molecular complexity index is 420. The van der Waals surface area contributed by atoms with Gasteiger partial charge in [0.1, 0.15) is 0 Å². The SMILES string of the molecule is N[C@@]12C[C@H](CO)C=C1OC(=O)C(O)C(O)C(=O)O2. The average molecular weight is 259 g/mol. The summed E-state index contributed by atoms with van der Waals surface area (Å²) in [5, 5.41) is 27.7. The fourth-order valence-electron chi connectivity index (χ4n) is 1.90. The number of hydrogen-bond acceptors (Lipinski definition) is 8. The lowest BCUT2D eigenvalue weighted by Crippen LogP contribution is -2.54. The van der Waals surface area contributed by atoms with Crippen LogP contribution in [0.2, 0.25) is 0 Å². The van der Waals surface area contributed by atoms with Crippen LogP contribution in [-0.2, 0) is 19.1 Å². The molecule has 0 saturated carbocycles. The summed E-state index contributed by atoms with van der Waals surface area (Å²) in [5.74, 6) is -2.99. The predicted molar refractivity (Wildman–Crippen MR) is 54.4 cm³/mol. The smallest absolute Gasteiger partial charge is 0.343 e. The first-order valence-electron chi connectivity index (χ1n) is 5.30. The maximum absolute atomic E-state index is 11.5. The van der Waals surface area contributed by atoms with Gasteiger partial charge in [0, 0.05) is 18.9 Å². The van der Waals surface area contributed by atoms with Crippen molar-refractivity contribution in [3.05, 3.63) is 11.8 Å². The quantitative estimate of drug-likeness (QED) is 0.375. The Morgan fingerprint density at radius 2 is 1.94 bits per heavy atom. The maximum Gasteiger partial charge on any atom is 0.343 e. The van der Waals surface area contributed by atoms with E-state index in [-0.39, 0.29) is 18.8 Å². The lowest BCUT2D eigenvalue weighted by Gasteiger charge is -2.31. The molecule has 18 heavy (non-hydrogen) atoms. The summed E-state index contributed by atoms with van der Waals surface area (Å²) in [6.07, 6.45) is -2.69. The van der Waals surface area contributed by atoms with Crippen molar-refractivity contribution in [2.45, 2.75) is 24.4 Å². The van der Waals surface area contributed by atoms with E-state index < -0.39 is 35.8 Å². The molecule has 2 unspecified atom stereocenters. The number of rotatable bonds is 1. The second kappa shape index (κ2) is 4.32. The number of aliphatic hydroxyl groups excluding tert-OH is 3. The molecule has 1 saturated heterocycles. The first kappa shape index (κ1) is 13.0. The highest BCUT2D eigenvalue weighted by atomic mass is 16.6. The molecular weight excluding hydrogens is 246 g/mol. The van der Waals surface area contributed by atoms with Gasteiger partial charge in [-0.1, -0.05) is 0 Å². The van der Waals surface area contributed by atoms with Crippen LogP contribution in [0.4, 0.5) is 0 Å². The number of fused-ring (bicyclic) bond motifs is 1. The molecule has 8 heteroatoms. The monoisotopic (exact) mass is 259 g/mol. The Hall–Kier alpha value is -1.48. The van der Waals surface area contributed by atoms with Crippen LogP contribution in [0, 0.1) is 5.92 Å². The van der Waals surface area contributed by atoms with Crippen molar-refractivity contribution in [2.24, 2.45) is 11.7 Å². The second-order valence-corrected chi connectivity index (χ2v) is 4.30. The first-order chi connectivity index (χ1) is 8.37. The maximum atomic E-state index is 11.5. The third kappa shape index (κ3) is 1.99. The van der Waals surface area contributed by atoms with Crippen molar-refractivity contribution in [2.75, 3.05) is 6.61 Å². The Morgan fingerprint density at radius 3 is 2.56 bits per heavy atom. The Balaban J connectivity index is 2.33. The van der Waals surface area contributed by atoms with Crippen molar-refractivity contribution >= 4 is 11.9 Å². The normalized spacial score (nSPS) is 40.2. The Labute approximate surface area is 102 Å². The van der Waals surface area contributed by atoms with E-state index in [1.807, 2.05) is 0 Å². The summed E-state index contributed by atoms with van der Waals surface area (Å²) in [6, 6.07) is 0. The van der Waals surface area contributed by atoms with Crippen LogP contribution in [0.3, 0.4) is 0 Å². The third-order valence-electron chi connectivity index (χ3n) is 2.88. The molecule has 1 heterocycles. The molecule has 0 aromatic heterocycles. The van der Waals surface area contributed by atoms with E-state index in [2.05, 4.69) is 0 Å². The van der Waals surface area contributed by atoms with Crippen LogP contribution in [-0.4, -0.2) is 51.8 Å². The lowest BCUT2D eigenvalue weighted by atomic mass is 10.1. The summed E-state index contributed by atoms with van der Waals surface area (Å²) in [5.41, 5.74) is 4.06. The minimum atomic E-state index is -2.05. The summed E-state index contributed by atoms with van der Waals surface area (Å²) in [4.78, 5) is 22.9. The van der Waals surface area contributed by atoms with Crippen LogP contribution in [0.15, 0.2) is 11.8 Å². The van der Waals surface area contributed by atoms with Gasteiger partial charge in [0.15, 0.2) is 18.0 Å². The van der Waals surface area contributed by atoms with Crippen molar-refractivity contribution in [1.82, 2.24) is 0 Å². The average Bonchev–Trinajstić information content (AvgIpc) is 2.62. The molecule has 0 aromatic carbocycles. The van der Waals surface area contributed by atoms with Gasteiger partial charge in [-0.25, -0.2) is 9.59 Å². The van der Waals surface area contributed by atoms with Crippen LogP contribution >= 0.6 is 0 Å². The minimum absolute atomic E-state index is 0.0284. The summed E-state index contributed by atoms with van der Waals surface area (Å²) >= 11 is 0. The van der Waals surface area contributed by atoms with Crippen molar-refractivity contribution in [1.29, 1.82) is 0 Å². The van der Waals surface area contributed by atoms with Crippen molar-refractivity contribution in [3.63, 3.8) is 0 Å². The first-order valence-corrected chi connectivity index (χ1v) is 5.30. The zero-order valence-electron chi connectivity index (χ0n) is 9.28. The van der Waals surface area contributed by atoms with E-state index in [0.717, 1.165) is 0 Å². The van der Waals surface area contributed by atoms with E-state index in [9.17, 15) is 19.8 Å². The molecule has 100 valence electrons. The highest BCUT2D eigenvalue weighted by Gasteiger charge is 2.49. The van der Waals surface area contributed by atoms with Crippen LogP contribution in [0.25, 0.3) is 0 Å². The molecule has 1 aliphatic heterocycles. The highest BCUT2D eigenvalue weighted by Crippen LogP contribution is 2.35. The van der Waals surface area contributed by atoms with Gasteiger partial charge >= 0.3 is 11.9 Å². The summed E-state index contributed by atoms with van der Waals surface area (Å²) in [7, 11) is 0. The minimum Gasteiger partial charge on any atom is -0.434 e. The van der Waals surface area contributed by atoms with E-state index >= 15 is 0 Å². The number of aliphatic hydroxyl groups is 3. The second-order valence-electron chi connectivity index (χ2n) is 4.30. The third-order valence-corrected chi connectivity index (χ3v) is 2.88. The predicted octanol–water partition coefficient (Wildman–Crippen LogP) is -2.64. The van der Waals surface area contributed by atoms with E-state index in [1.54, 1.807) is 0 Å². The molecule has 2 aliphatic rings. The van der Waals surface area contributed by atoms with Gasteiger partial charge in [-0.15, -0.1) is 0 Å². The lowest BCUT2D eigenvalue weighted by molar-refractivity contribution is -0.191. The zero-order chi connectivity index (χ0) is 13.5. The number of esters is 2. The van der Waals surface area contributed by atoms with Crippen LogP contribution < -0.4 is 5.73 Å². The number of carbonyl (C=O) groups is 2. The van der Waals surface area contributed by atoms with Gasteiger partial charge in [0.05, 0.1) is 0 Å². The molecule has 1 aliphatic carbocycles. The number of nitrogens with two attached hydrogens (primary N) is 1. The van der Waals surface area contributed by atoms with Gasteiger partial charge in [-0.3, -0.25) is 5.73 Å². The van der Waals surface area contributed by atoms with Crippen LogP contribution in [0.1, 0.15) is 6.42 Å². The Morgan fingerprint density at radius 1 is 1.33 bits per heavy atom. The van der Waals surface area contributed by atoms with Gasteiger partial charge in [-0.2, -0.15) is 0 Å². The van der Waals surface area contributed by atoms with Crippen molar-refractivity contribution in [3.8, 4) is 0 Å². The molecule has 0 spiro atoms. The van der Waals surface area contributed by atoms with Gasteiger partial charge in [0.2, 0.25) is 5.72 Å². The zero-order valence-corrected chi connectivity index (χ0v) is 9.28. The summed E-state index contributed by atoms with van der Waals surface area (Å²) in [6.45, 7) is -0.261. The molecule has 0 bridgehead atoms. The summed E-state index contributed by atoms with van der Waals surface area (Å²) < 4.78 is 9.62. The fraction of sp³-hybridized carbons (Fsp3) is 0.600. The van der Waals surface area contributed by atoms with Gasteiger partial charge < -0.3 is 24.8 Å². The Kier molecular flexibility index (Phi) is 3.11. The largest absolute Gasteiger partial charge is 0.434 e. The van der Waals surface area contributed by atoms with E-state index in [4.69, 9.17) is 20.3 Å². The van der Waals surface area contributed by atoms with Gasteiger partial charge in [0.25, 0.3) is 0 Å². The standard InChI is InChI=1S/C10H13NO7/c11-10-2-4(3-12)1-5(10)17-8(15)6(13)7(14)9(16)18-10/h1,4,6-7,12-14H,2-3,11H2/t4-,6?,7?,10-/m1/s1. The van der Waals surface area contributed by atoms with Crippen molar-refractivity contribution < 1.29 is 34.4 Å². The molecule has 2 rings (SSSR count). The molecule has 8 nitrogen and oxygen atoms in total.